The lowest BCUT2D eigenvalue weighted by molar-refractivity contribution is 0.579. The first-order valence-electron chi connectivity index (χ1n) is 3.92. The second-order valence-electron chi connectivity index (χ2n) is 2.69. The summed E-state index contributed by atoms with van der Waals surface area (Å²) in [6.07, 6.45) is 5.07. The summed E-state index contributed by atoms with van der Waals surface area (Å²) in [5.74, 6) is -0.454. The van der Waals surface area contributed by atoms with Crippen molar-refractivity contribution in [2.24, 2.45) is 0 Å². The van der Waals surface area contributed by atoms with Crippen LogP contribution in [0.5, 0.6) is 0 Å². The lowest BCUT2D eigenvalue weighted by Gasteiger charge is -1.99. The van der Waals surface area contributed by atoms with E-state index >= 15 is 0 Å². The van der Waals surface area contributed by atoms with Crippen LogP contribution < -0.4 is 0 Å². The minimum absolute atomic E-state index is 0.454. The molecular weight excluding hydrogens is 169 g/mol. The molecule has 2 heterocycles. The van der Waals surface area contributed by atoms with Gasteiger partial charge in [0.2, 0.25) is 5.95 Å². The first kappa shape index (κ1) is 7.91. The summed E-state index contributed by atoms with van der Waals surface area (Å²) in [6, 6.07) is 4.89. The Balaban J connectivity index is 2.15. The third kappa shape index (κ3) is 1.90. The smallest absolute Gasteiger partial charge is 0.212 e. The molecule has 2 rings (SSSR count). The van der Waals surface area contributed by atoms with Crippen LogP contribution in [0.3, 0.4) is 0 Å². The average molecular weight is 177 g/mol. The number of hydrogen-bond donors (Lipinski definition) is 0. The minimum atomic E-state index is -0.454. The van der Waals surface area contributed by atoms with E-state index in [1.165, 1.54) is 12.3 Å². The summed E-state index contributed by atoms with van der Waals surface area (Å²) in [4.78, 5) is 3.55. The SMILES string of the molecule is Fc1ccc(Cn2cccn2)cn1. The van der Waals surface area contributed by atoms with Crippen molar-refractivity contribution in [2.45, 2.75) is 6.54 Å². The highest BCUT2D eigenvalue weighted by molar-refractivity contribution is 5.09. The predicted octanol–water partition coefficient (Wildman–Crippen LogP) is 1.47. The molecule has 0 unspecified atom stereocenters. The van der Waals surface area contributed by atoms with Crippen molar-refractivity contribution in [1.29, 1.82) is 0 Å². The monoisotopic (exact) mass is 177 g/mol. The molecule has 0 N–H and O–H groups in total. The number of rotatable bonds is 2. The first-order chi connectivity index (χ1) is 6.34. The summed E-state index contributed by atoms with van der Waals surface area (Å²) >= 11 is 0. The summed E-state index contributed by atoms with van der Waals surface area (Å²) in [5, 5.41) is 4.03. The maximum absolute atomic E-state index is 12.4. The Kier molecular flexibility index (Phi) is 2.04. The normalized spacial score (nSPS) is 10.2. The molecule has 0 fully saturated rings. The molecular formula is C9H8FN3. The molecule has 2 aromatic heterocycles. The average Bonchev–Trinajstić information content (AvgIpc) is 2.62. The molecule has 0 aliphatic heterocycles. The van der Waals surface area contributed by atoms with Crippen LogP contribution in [0.25, 0.3) is 0 Å². The van der Waals surface area contributed by atoms with Gasteiger partial charge in [-0.15, -0.1) is 0 Å². The molecule has 0 atom stereocenters. The number of aromatic nitrogens is 3. The van der Waals surface area contributed by atoms with Gasteiger partial charge in [-0.1, -0.05) is 6.07 Å². The van der Waals surface area contributed by atoms with Gasteiger partial charge in [-0.05, 0) is 17.7 Å². The molecule has 0 amide bonds. The maximum atomic E-state index is 12.4. The Bertz CT molecular complexity index is 366. The van der Waals surface area contributed by atoms with Gasteiger partial charge < -0.3 is 0 Å². The zero-order valence-corrected chi connectivity index (χ0v) is 6.89. The molecule has 0 bridgehead atoms. The van der Waals surface area contributed by atoms with Crippen molar-refractivity contribution in [2.75, 3.05) is 0 Å². The molecule has 66 valence electrons. The van der Waals surface area contributed by atoms with E-state index in [9.17, 15) is 4.39 Å². The van der Waals surface area contributed by atoms with Crippen molar-refractivity contribution < 1.29 is 4.39 Å². The van der Waals surface area contributed by atoms with Crippen molar-refractivity contribution in [3.63, 3.8) is 0 Å². The Labute approximate surface area is 74.8 Å². The van der Waals surface area contributed by atoms with Crippen LogP contribution in [0, 0.1) is 5.95 Å². The van der Waals surface area contributed by atoms with E-state index in [0.717, 1.165) is 5.56 Å². The number of nitrogens with zero attached hydrogens (tertiary/aromatic N) is 3. The highest BCUT2D eigenvalue weighted by Gasteiger charge is 1.95. The molecule has 0 saturated carbocycles. The van der Waals surface area contributed by atoms with Gasteiger partial charge in [-0.25, -0.2) is 4.98 Å². The van der Waals surface area contributed by atoms with Crippen LogP contribution >= 0.6 is 0 Å². The van der Waals surface area contributed by atoms with Gasteiger partial charge in [-0.2, -0.15) is 9.49 Å². The van der Waals surface area contributed by atoms with Crippen LogP contribution in [-0.4, -0.2) is 14.8 Å². The lowest BCUT2D eigenvalue weighted by Crippen LogP contribution is -2.00. The molecule has 3 nitrogen and oxygen atoms in total. The van der Waals surface area contributed by atoms with Gasteiger partial charge in [0.05, 0.1) is 6.54 Å². The van der Waals surface area contributed by atoms with Crippen LogP contribution in [0.1, 0.15) is 5.56 Å². The van der Waals surface area contributed by atoms with Gasteiger partial charge in [0.1, 0.15) is 0 Å². The maximum Gasteiger partial charge on any atom is 0.212 e. The van der Waals surface area contributed by atoms with E-state index in [0.29, 0.717) is 6.54 Å². The van der Waals surface area contributed by atoms with Gasteiger partial charge in [-0.3, -0.25) is 4.68 Å². The molecule has 13 heavy (non-hydrogen) atoms. The summed E-state index contributed by atoms with van der Waals surface area (Å²) < 4.78 is 14.2. The van der Waals surface area contributed by atoms with E-state index in [1.54, 1.807) is 16.9 Å². The standard InChI is InChI=1S/C9H8FN3/c10-9-3-2-8(6-11-9)7-13-5-1-4-12-13/h1-6H,7H2. The van der Waals surface area contributed by atoms with E-state index < -0.39 is 5.95 Å². The number of pyridine rings is 1. The third-order valence-electron chi connectivity index (χ3n) is 1.69. The van der Waals surface area contributed by atoms with E-state index in [2.05, 4.69) is 10.1 Å². The Morgan fingerprint density at radius 1 is 1.38 bits per heavy atom. The Morgan fingerprint density at radius 3 is 2.92 bits per heavy atom. The van der Waals surface area contributed by atoms with Gasteiger partial charge in [0.15, 0.2) is 0 Å². The fourth-order valence-corrected chi connectivity index (χ4v) is 1.08. The molecule has 0 aliphatic carbocycles. The van der Waals surface area contributed by atoms with E-state index in [-0.39, 0.29) is 0 Å². The van der Waals surface area contributed by atoms with Crippen LogP contribution in [-0.2, 0) is 6.54 Å². The van der Waals surface area contributed by atoms with Crippen LogP contribution in [0.15, 0.2) is 36.8 Å². The second kappa shape index (κ2) is 3.35. The van der Waals surface area contributed by atoms with Crippen LogP contribution in [0.2, 0.25) is 0 Å². The molecule has 0 spiro atoms. The van der Waals surface area contributed by atoms with E-state index in [1.807, 2.05) is 12.3 Å². The second-order valence-corrected chi connectivity index (χ2v) is 2.69. The summed E-state index contributed by atoms with van der Waals surface area (Å²) in [7, 11) is 0. The Hall–Kier alpha value is -1.71. The molecule has 0 saturated heterocycles. The largest absolute Gasteiger partial charge is 0.268 e. The summed E-state index contributed by atoms with van der Waals surface area (Å²) in [6.45, 7) is 0.625. The Morgan fingerprint density at radius 2 is 2.31 bits per heavy atom. The molecule has 0 aliphatic rings. The number of halogens is 1. The third-order valence-corrected chi connectivity index (χ3v) is 1.69. The van der Waals surface area contributed by atoms with Crippen molar-refractivity contribution in [3.05, 3.63) is 48.3 Å². The van der Waals surface area contributed by atoms with Crippen LogP contribution in [0.4, 0.5) is 4.39 Å². The zero-order valence-electron chi connectivity index (χ0n) is 6.89. The van der Waals surface area contributed by atoms with Crippen molar-refractivity contribution in [1.82, 2.24) is 14.8 Å². The predicted molar refractivity (Wildman–Crippen MR) is 45.5 cm³/mol. The van der Waals surface area contributed by atoms with E-state index in [4.69, 9.17) is 0 Å². The molecule has 2 aromatic rings. The van der Waals surface area contributed by atoms with Crippen molar-refractivity contribution >= 4 is 0 Å². The van der Waals surface area contributed by atoms with Gasteiger partial charge in [0, 0.05) is 18.6 Å². The molecule has 4 heteroatoms. The van der Waals surface area contributed by atoms with Gasteiger partial charge >= 0.3 is 0 Å². The quantitative estimate of drug-likeness (QED) is 0.650. The minimum Gasteiger partial charge on any atom is -0.268 e. The number of hydrogen-bond acceptors (Lipinski definition) is 2. The lowest BCUT2D eigenvalue weighted by atomic mass is 10.3. The topological polar surface area (TPSA) is 30.7 Å². The molecule has 0 aromatic carbocycles. The van der Waals surface area contributed by atoms with Crippen molar-refractivity contribution in [3.8, 4) is 0 Å². The molecule has 0 radical (unpaired) electrons. The summed E-state index contributed by atoms with van der Waals surface area (Å²) in [5.41, 5.74) is 0.935. The highest BCUT2D eigenvalue weighted by Crippen LogP contribution is 2.00. The van der Waals surface area contributed by atoms with Gasteiger partial charge in [0.25, 0.3) is 0 Å². The highest BCUT2D eigenvalue weighted by atomic mass is 19.1. The first-order valence-corrected chi connectivity index (χ1v) is 3.92. The fraction of sp³-hybridized carbons (Fsp3) is 0.111. The zero-order chi connectivity index (χ0) is 9.10. The fourth-order valence-electron chi connectivity index (χ4n) is 1.08.